The molecule has 2 aromatic carbocycles. The number of halogens is 2. The summed E-state index contributed by atoms with van der Waals surface area (Å²) in [6.45, 7) is 1.52. The molecule has 0 radical (unpaired) electrons. The molecule has 31 heavy (non-hydrogen) atoms. The number of carbonyl (C=O) groups is 1. The molecule has 2 saturated heterocycles. The summed E-state index contributed by atoms with van der Waals surface area (Å²) >= 11 is 6.17. The number of hydrogen-bond acceptors (Lipinski definition) is 5. The van der Waals surface area contributed by atoms with E-state index in [4.69, 9.17) is 11.6 Å². The van der Waals surface area contributed by atoms with Crippen LogP contribution in [0.15, 0.2) is 35.2 Å². The van der Waals surface area contributed by atoms with Crippen LogP contribution in [0, 0.1) is 12.7 Å². The molecule has 10 heteroatoms. The smallest absolute Gasteiger partial charge is 0.323 e. The number of carbonyl (C=O) groups excluding carboxylic acids is 1. The number of anilines is 2. The Morgan fingerprint density at radius 2 is 1.77 bits per heavy atom. The summed E-state index contributed by atoms with van der Waals surface area (Å²) in [7, 11) is -3.92. The van der Waals surface area contributed by atoms with Gasteiger partial charge in [-0.25, -0.2) is 17.6 Å². The molecule has 1 unspecified atom stereocenters. The highest BCUT2D eigenvalue weighted by Crippen LogP contribution is 2.42. The molecule has 0 aromatic heterocycles. The van der Waals surface area contributed by atoms with E-state index in [0.29, 0.717) is 12.8 Å². The number of piperidine rings is 1. The van der Waals surface area contributed by atoms with Crippen molar-refractivity contribution in [1.82, 2.24) is 5.32 Å². The molecule has 2 aromatic rings. The van der Waals surface area contributed by atoms with E-state index in [-0.39, 0.29) is 38.9 Å². The number of phenols is 1. The summed E-state index contributed by atoms with van der Waals surface area (Å²) in [6, 6.07) is 6.42. The molecule has 0 saturated carbocycles. The van der Waals surface area contributed by atoms with Crippen molar-refractivity contribution in [2.45, 2.75) is 54.8 Å². The standard InChI is InChI=1S/C21H23ClFN3O4S/c1-11-16(23)3-2-4-17(11)25-21(28)26-18-8-7-15(22)20(19(18)27)31(29,30)14-9-12-5-6-13(10-14)24-12/h2-4,7-8,12-14,24,27H,5-6,9-10H2,1H3,(H2,25,26,28)/t12-,13+,14?. The fourth-order valence-corrected chi connectivity index (χ4v) is 6.86. The molecule has 2 heterocycles. The fraction of sp³-hybridized carbons (Fsp3) is 0.381. The topological polar surface area (TPSA) is 108 Å². The van der Waals surface area contributed by atoms with Crippen molar-refractivity contribution < 1.29 is 22.7 Å². The van der Waals surface area contributed by atoms with Gasteiger partial charge in [0.05, 0.1) is 16.0 Å². The number of benzene rings is 2. The van der Waals surface area contributed by atoms with Gasteiger partial charge < -0.3 is 21.1 Å². The Bertz CT molecular complexity index is 1130. The van der Waals surface area contributed by atoms with Crippen LogP contribution in [-0.2, 0) is 9.84 Å². The predicted molar refractivity (Wildman–Crippen MR) is 117 cm³/mol. The number of fused-ring (bicyclic) bond motifs is 2. The van der Waals surface area contributed by atoms with Gasteiger partial charge in [0.2, 0.25) is 0 Å². The zero-order chi connectivity index (χ0) is 22.3. The number of urea groups is 1. The molecule has 2 aliphatic rings. The van der Waals surface area contributed by atoms with Crippen molar-refractivity contribution in [2.24, 2.45) is 0 Å². The van der Waals surface area contributed by atoms with Crippen LogP contribution in [-0.4, -0.2) is 36.9 Å². The molecule has 4 N–H and O–H groups in total. The largest absolute Gasteiger partial charge is 0.504 e. The van der Waals surface area contributed by atoms with Crippen molar-refractivity contribution in [3.05, 3.63) is 46.7 Å². The van der Waals surface area contributed by atoms with Gasteiger partial charge in [-0.3, -0.25) is 0 Å². The Balaban J connectivity index is 1.59. The van der Waals surface area contributed by atoms with E-state index < -0.39 is 32.7 Å². The number of phenolic OH excluding ortho intramolecular Hbond substituents is 1. The van der Waals surface area contributed by atoms with E-state index in [2.05, 4.69) is 16.0 Å². The molecule has 2 bridgehead atoms. The minimum atomic E-state index is -3.92. The first-order valence-electron chi connectivity index (χ1n) is 10.0. The highest BCUT2D eigenvalue weighted by molar-refractivity contribution is 7.92. The molecule has 2 aliphatic heterocycles. The number of sulfone groups is 1. The van der Waals surface area contributed by atoms with Crippen LogP contribution in [0.3, 0.4) is 0 Å². The van der Waals surface area contributed by atoms with Crippen molar-refractivity contribution in [1.29, 1.82) is 0 Å². The summed E-state index contributed by atoms with van der Waals surface area (Å²) in [4.78, 5) is 12.0. The van der Waals surface area contributed by atoms with Crippen LogP contribution in [0.1, 0.15) is 31.2 Å². The normalized spacial score (nSPS) is 22.9. The molecule has 2 fully saturated rings. The number of amides is 2. The van der Waals surface area contributed by atoms with Gasteiger partial charge in [0, 0.05) is 23.3 Å². The van der Waals surface area contributed by atoms with Gasteiger partial charge in [0.25, 0.3) is 0 Å². The maximum Gasteiger partial charge on any atom is 0.323 e. The molecule has 4 rings (SSSR count). The first-order valence-corrected chi connectivity index (χ1v) is 11.9. The van der Waals surface area contributed by atoms with Crippen LogP contribution >= 0.6 is 11.6 Å². The molecule has 0 aliphatic carbocycles. The summed E-state index contributed by atoms with van der Waals surface area (Å²) in [6.07, 6.45) is 2.76. The van der Waals surface area contributed by atoms with E-state index in [1.54, 1.807) is 0 Å². The van der Waals surface area contributed by atoms with Crippen molar-refractivity contribution in [2.75, 3.05) is 10.6 Å². The van der Waals surface area contributed by atoms with Gasteiger partial charge in [-0.2, -0.15) is 0 Å². The zero-order valence-electron chi connectivity index (χ0n) is 16.8. The van der Waals surface area contributed by atoms with Gasteiger partial charge in [-0.15, -0.1) is 0 Å². The minimum absolute atomic E-state index is 0.102. The fourth-order valence-electron chi connectivity index (χ4n) is 4.36. The Labute approximate surface area is 184 Å². The van der Waals surface area contributed by atoms with Crippen molar-refractivity contribution >= 4 is 38.8 Å². The zero-order valence-corrected chi connectivity index (χ0v) is 18.4. The third kappa shape index (κ3) is 4.22. The molecule has 0 spiro atoms. The third-order valence-corrected chi connectivity index (χ3v) is 8.67. The second-order valence-corrected chi connectivity index (χ2v) is 10.6. The van der Waals surface area contributed by atoms with E-state index in [1.807, 2.05) is 0 Å². The number of hydrogen-bond donors (Lipinski definition) is 4. The Morgan fingerprint density at radius 1 is 1.13 bits per heavy atom. The van der Waals surface area contributed by atoms with Crippen LogP contribution in [0.25, 0.3) is 0 Å². The third-order valence-electron chi connectivity index (χ3n) is 6.00. The maximum absolute atomic E-state index is 13.7. The first kappa shape index (κ1) is 21.9. The lowest BCUT2D eigenvalue weighted by Gasteiger charge is -2.29. The van der Waals surface area contributed by atoms with Gasteiger partial charge in [-0.05, 0) is 56.9 Å². The molecule has 3 atom stereocenters. The Kier molecular flexibility index (Phi) is 5.85. The van der Waals surface area contributed by atoms with Gasteiger partial charge >= 0.3 is 6.03 Å². The predicted octanol–water partition coefficient (Wildman–Crippen LogP) is 4.19. The Morgan fingerprint density at radius 3 is 2.45 bits per heavy atom. The monoisotopic (exact) mass is 467 g/mol. The number of aromatic hydroxyl groups is 1. The molecular weight excluding hydrogens is 445 g/mol. The van der Waals surface area contributed by atoms with Crippen LogP contribution < -0.4 is 16.0 Å². The van der Waals surface area contributed by atoms with Gasteiger partial charge in [0.15, 0.2) is 15.6 Å². The summed E-state index contributed by atoms with van der Waals surface area (Å²) in [5.74, 6) is -1.08. The number of rotatable bonds is 4. The van der Waals surface area contributed by atoms with Crippen molar-refractivity contribution in [3.8, 4) is 5.75 Å². The average Bonchev–Trinajstić information content (AvgIpc) is 3.05. The highest BCUT2D eigenvalue weighted by atomic mass is 35.5. The Hall–Kier alpha value is -2.36. The molecular formula is C21H23ClFN3O4S. The van der Waals surface area contributed by atoms with Gasteiger partial charge in [-0.1, -0.05) is 17.7 Å². The summed E-state index contributed by atoms with van der Waals surface area (Å²) in [5, 5.41) is 18.3. The molecule has 7 nitrogen and oxygen atoms in total. The summed E-state index contributed by atoms with van der Waals surface area (Å²) < 4.78 is 40.3. The molecule has 2 amide bonds. The second-order valence-electron chi connectivity index (χ2n) is 8.04. The second kappa shape index (κ2) is 8.29. The van der Waals surface area contributed by atoms with E-state index >= 15 is 0 Å². The SMILES string of the molecule is Cc1c(F)cccc1NC(=O)Nc1ccc(Cl)c(S(=O)(=O)C2C[C@H]3CC[C@@H](C2)N3)c1O. The van der Waals surface area contributed by atoms with E-state index in [9.17, 15) is 22.7 Å². The summed E-state index contributed by atoms with van der Waals surface area (Å²) in [5.41, 5.74) is 0.400. The average molecular weight is 468 g/mol. The lowest BCUT2D eigenvalue weighted by Crippen LogP contribution is -2.43. The van der Waals surface area contributed by atoms with Crippen LogP contribution in [0.5, 0.6) is 5.75 Å². The van der Waals surface area contributed by atoms with Crippen LogP contribution in [0.2, 0.25) is 5.02 Å². The lowest BCUT2D eigenvalue weighted by molar-refractivity contribution is 0.262. The van der Waals surface area contributed by atoms with Crippen LogP contribution in [0.4, 0.5) is 20.6 Å². The first-order chi connectivity index (χ1) is 14.7. The quantitative estimate of drug-likeness (QED) is 0.504. The van der Waals surface area contributed by atoms with Gasteiger partial charge in [0.1, 0.15) is 10.7 Å². The minimum Gasteiger partial charge on any atom is -0.504 e. The lowest BCUT2D eigenvalue weighted by atomic mass is 10.1. The molecule has 166 valence electrons. The van der Waals surface area contributed by atoms with E-state index in [1.165, 1.54) is 37.3 Å². The number of nitrogens with one attached hydrogen (secondary N) is 3. The van der Waals surface area contributed by atoms with E-state index in [0.717, 1.165) is 12.8 Å². The van der Waals surface area contributed by atoms with Crippen molar-refractivity contribution in [3.63, 3.8) is 0 Å². The highest BCUT2D eigenvalue weighted by Gasteiger charge is 2.42. The maximum atomic E-state index is 13.7.